The number of hydrogen-bond acceptors (Lipinski definition) is 3. The fourth-order valence-corrected chi connectivity index (χ4v) is 2.12. The molecule has 2 nitrogen and oxygen atoms in total. The molecule has 0 aliphatic carbocycles. The first-order valence-corrected chi connectivity index (χ1v) is 4.44. The molecular formula is C8H10N2S. The highest BCUT2D eigenvalue weighted by atomic mass is 32.1. The van der Waals surface area contributed by atoms with Gasteiger partial charge in [0.25, 0.3) is 0 Å². The summed E-state index contributed by atoms with van der Waals surface area (Å²) >= 11 is 1.78. The first-order valence-electron chi connectivity index (χ1n) is 3.56. The number of rotatable bonds is 0. The topological polar surface area (TPSA) is 24.1 Å². The molecule has 2 N–H and O–H groups in total. The summed E-state index contributed by atoms with van der Waals surface area (Å²) in [6.07, 6.45) is 0. The van der Waals surface area contributed by atoms with E-state index in [1.165, 1.54) is 21.1 Å². The molecule has 11 heavy (non-hydrogen) atoms. The van der Waals surface area contributed by atoms with Gasteiger partial charge in [-0.1, -0.05) is 0 Å². The van der Waals surface area contributed by atoms with Crippen molar-refractivity contribution in [3.05, 3.63) is 21.2 Å². The summed E-state index contributed by atoms with van der Waals surface area (Å²) in [5, 5.41) is 3.44. The van der Waals surface area contributed by atoms with E-state index in [9.17, 15) is 0 Å². The molecule has 1 aliphatic rings. The van der Waals surface area contributed by atoms with Gasteiger partial charge >= 0.3 is 0 Å². The molecule has 0 unspecified atom stereocenters. The second-order valence-corrected chi connectivity index (χ2v) is 3.58. The summed E-state index contributed by atoms with van der Waals surface area (Å²) < 4.78 is 1.35. The Labute approximate surface area is 69.2 Å². The molecule has 0 radical (unpaired) electrons. The van der Waals surface area contributed by atoms with Crippen molar-refractivity contribution in [3.63, 3.8) is 0 Å². The molecule has 0 saturated heterocycles. The molecule has 58 valence electrons. The minimum Gasteiger partial charge on any atom is -0.305 e. The van der Waals surface area contributed by atoms with Crippen LogP contribution in [0.25, 0.3) is 11.4 Å². The molecule has 0 fully saturated rings. The van der Waals surface area contributed by atoms with Gasteiger partial charge in [-0.15, -0.1) is 11.3 Å². The average Bonchev–Trinajstić information content (AvgIpc) is 2.45. The van der Waals surface area contributed by atoms with Gasteiger partial charge in [0.15, 0.2) is 0 Å². The van der Waals surface area contributed by atoms with Crippen LogP contribution < -0.4 is 20.6 Å². The Bertz CT molecular complexity index is 352. The summed E-state index contributed by atoms with van der Waals surface area (Å²) in [5.74, 6) is 0. The zero-order valence-corrected chi connectivity index (χ0v) is 7.38. The Morgan fingerprint density at radius 2 is 1.91 bits per heavy atom. The SMILES string of the molecule is CC1=c2ccsc2=C(C)NN1. The van der Waals surface area contributed by atoms with Crippen molar-refractivity contribution < 1.29 is 0 Å². The number of hydrazine groups is 1. The summed E-state index contributed by atoms with van der Waals surface area (Å²) in [7, 11) is 0. The summed E-state index contributed by atoms with van der Waals surface area (Å²) in [6, 6.07) is 2.15. The van der Waals surface area contributed by atoms with Gasteiger partial charge in [-0.2, -0.15) is 0 Å². The molecule has 1 aliphatic heterocycles. The van der Waals surface area contributed by atoms with E-state index in [0.717, 1.165) is 0 Å². The van der Waals surface area contributed by atoms with Crippen LogP contribution in [0.4, 0.5) is 0 Å². The molecule has 0 aromatic carbocycles. The minimum atomic E-state index is 1.20. The highest BCUT2D eigenvalue weighted by Crippen LogP contribution is 1.93. The summed E-state index contributed by atoms with van der Waals surface area (Å²) in [4.78, 5) is 0. The van der Waals surface area contributed by atoms with Gasteiger partial charge < -0.3 is 10.9 Å². The standard InChI is InChI=1S/C8H10N2S/c1-5-7-3-4-11-8(7)6(2)10-9-5/h3-4,9-10H,1-2H3. The fourth-order valence-electron chi connectivity index (χ4n) is 1.21. The maximum atomic E-state index is 3.11. The largest absolute Gasteiger partial charge is 0.305 e. The lowest BCUT2D eigenvalue weighted by Crippen LogP contribution is -2.42. The van der Waals surface area contributed by atoms with Crippen LogP contribution in [0.3, 0.4) is 0 Å². The predicted molar refractivity (Wildman–Crippen MR) is 48.0 cm³/mol. The van der Waals surface area contributed by atoms with Crippen molar-refractivity contribution in [3.8, 4) is 0 Å². The molecule has 1 aromatic heterocycles. The predicted octanol–water partition coefficient (Wildman–Crippen LogP) is 0.112. The average molecular weight is 166 g/mol. The zero-order chi connectivity index (χ0) is 7.84. The van der Waals surface area contributed by atoms with Crippen molar-refractivity contribution in [2.45, 2.75) is 13.8 Å². The van der Waals surface area contributed by atoms with Crippen molar-refractivity contribution >= 4 is 22.7 Å². The molecule has 3 heteroatoms. The van der Waals surface area contributed by atoms with E-state index in [1.807, 2.05) is 0 Å². The first kappa shape index (κ1) is 6.73. The third-order valence-corrected chi connectivity index (χ3v) is 2.88. The second-order valence-electron chi connectivity index (χ2n) is 2.66. The van der Waals surface area contributed by atoms with Crippen LogP contribution in [-0.4, -0.2) is 0 Å². The van der Waals surface area contributed by atoms with Crippen LogP contribution in [0.1, 0.15) is 13.8 Å². The monoisotopic (exact) mass is 166 g/mol. The van der Waals surface area contributed by atoms with Gasteiger partial charge in [-0.05, 0) is 25.3 Å². The van der Waals surface area contributed by atoms with Crippen molar-refractivity contribution in [1.29, 1.82) is 0 Å². The van der Waals surface area contributed by atoms with E-state index >= 15 is 0 Å². The Kier molecular flexibility index (Phi) is 1.39. The van der Waals surface area contributed by atoms with Crippen LogP contribution in [0.5, 0.6) is 0 Å². The molecule has 0 bridgehead atoms. The lowest BCUT2D eigenvalue weighted by molar-refractivity contribution is 0.784. The quantitative estimate of drug-likeness (QED) is 0.572. The summed E-state index contributed by atoms with van der Waals surface area (Å²) in [5.41, 5.74) is 8.63. The van der Waals surface area contributed by atoms with Crippen LogP contribution in [0, 0.1) is 0 Å². The van der Waals surface area contributed by atoms with E-state index in [0.29, 0.717) is 0 Å². The smallest absolute Gasteiger partial charge is 0.0565 e. The van der Waals surface area contributed by atoms with Gasteiger partial charge in [0.1, 0.15) is 0 Å². The van der Waals surface area contributed by atoms with Gasteiger partial charge in [-0.3, -0.25) is 0 Å². The maximum absolute atomic E-state index is 3.11. The Morgan fingerprint density at radius 1 is 1.18 bits per heavy atom. The minimum absolute atomic E-state index is 1.20. The van der Waals surface area contributed by atoms with Crippen LogP contribution in [0.2, 0.25) is 0 Å². The van der Waals surface area contributed by atoms with E-state index < -0.39 is 0 Å². The van der Waals surface area contributed by atoms with Crippen LogP contribution in [-0.2, 0) is 0 Å². The molecular weight excluding hydrogens is 156 g/mol. The maximum Gasteiger partial charge on any atom is 0.0565 e. The van der Waals surface area contributed by atoms with E-state index in [2.05, 4.69) is 36.1 Å². The van der Waals surface area contributed by atoms with E-state index in [4.69, 9.17) is 0 Å². The molecule has 2 heterocycles. The number of nitrogens with one attached hydrogen (secondary N) is 2. The van der Waals surface area contributed by atoms with E-state index in [1.54, 1.807) is 11.3 Å². The number of thiophene rings is 1. The molecule has 2 rings (SSSR count). The highest BCUT2D eigenvalue weighted by molar-refractivity contribution is 7.07. The Hall–Kier alpha value is -0.960. The number of hydrogen-bond donors (Lipinski definition) is 2. The number of fused-ring (bicyclic) bond motifs is 1. The van der Waals surface area contributed by atoms with Gasteiger partial charge in [0.2, 0.25) is 0 Å². The Morgan fingerprint density at radius 3 is 2.64 bits per heavy atom. The zero-order valence-electron chi connectivity index (χ0n) is 6.56. The molecule has 0 spiro atoms. The van der Waals surface area contributed by atoms with Gasteiger partial charge in [-0.25, -0.2) is 0 Å². The van der Waals surface area contributed by atoms with Gasteiger partial charge in [0.05, 0.1) is 4.53 Å². The lowest BCUT2D eigenvalue weighted by Gasteiger charge is -2.13. The first-order chi connectivity index (χ1) is 5.29. The molecule has 1 aromatic rings. The Balaban J connectivity index is 2.95. The summed E-state index contributed by atoms with van der Waals surface area (Å²) in [6.45, 7) is 4.15. The van der Waals surface area contributed by atoms with Crippen LogP contribution in [0.15, 0.2) is 11.4 Å². The van der Waals surface area contributed by atoms with E-state index in [-0.39, 0.29) is 0 Å². The normalized spacial score (nSPS) is 15.5. The second kappa shape index (κ2) is 2.27. The van der Waals surface area contributed by atoms with Crippen LogP contribution >= 0.6 is 11.3 Å². The fraction of sp³-hybridized carbons (Fsp3) is 0.250. The van der Waals surface area contributed by atoms with Crippen molar-refractivity contribution in [2.24, 2.45) is 0 Å². The molecule has 0 atom stereocenters. The van der Waals surface area contributed by atoms with Crippen molar-refractivity contribution in [2.75, 3.05) is 0 Å². The third-order valence-electron chi connectivity index (χ3n) is 1.85. The van der Waals surface area contributed by atoms with Gasteiger partial charge in [0, 0.05) is 16.6 Å². The molecule has 0 saturated carbocycles. The highest BCUT2D eigenvalue weighted by Gasteiger charge is 2.02. The third kappa shape index (κ3) is 0.922. The van der Waals surface area contributed by atoms with Crippen molar-refractivity contribution in [1.82, 2.24) is 10.9 Å². The molecule has 0 amide bonds. The lowest BCUT2D eigenvalue weighted by atomic mass is 10.3.